The maximum absolute atomic E-state index is 5.70. The topological polar surface area (TPSA) is 9.23 Å². The molecule has 0 radical (unpaired) electrons. The van der Waals surface area contributed by atoms with Crippen molar-refractivity contribution in [3.05, 3.63) is 53.6 Å². The highest BCUT2D eigenvalue weighted by Gasteiger charge is 2.09. The summed E-state index contributed by atoms with van der Waals surface area (Å²) >= 11 is 0. The average molecular weight is 226 g/mol. The van der Waals surface area contributed by atoms with E-state index in [1.807, 2.05) is 19.1 Å². The van der Waals surface area contributed by atoms with E-state index in [4.69, 9.17) is 4.74 Å². The zero-order valence-corrected chi connectivity index (χ0v) is 10.7. The summed E-state index contributed by atoms with van der Waals surface area (Å²) in [7, 11) is 0. The second-order valence-corrected chi connectivity index (χ2v) is 4.20. The largest absolute Gasteiger partial charge is 0.493 e. The second-order valence-electron chi connectivity index (χ2n) is 4.20. The van der Waals surface area contributed by atoms with Gasteiger partial charge in [0.2, 0.25) is 0 Å². The Kier molecular flexibility index (Phi) is 3.48. The van der Waals surface area contributed by atoms with Crippen LogP contribution in [0.4, 0.5) is 0 Å². The van der Waals surface area contributed by atoms with Gasteiger partial charge in [0.15, 0.2) is 0 Å². The minimum Gasteiger partial charge on any atom is -0.493 e. The van der Waals surface area contributed by atoms with Crippen LogP contribution in [0.25, 0.3) is 11.1 Å². The van der Waals surface area contributed by atoms with Crippen LogP contribution < -0.4 is 4.74 Å². The zero-order valence-electron chi connectivity index (χ0n) is 10.7. The molecule has 0 aliphatic carbocycles. The number of aryl methyl sites for hydroxylation is 2. The van der Waals surface area contributed by atoms with Crippen LogP contribution in [-0.4, -0.2) is 6.61 Å². The van der Waals surface area contributed by atoms with Gasteiger partial charge in [-0.1, -0.05) is 36.4 Å². The van der Waals surface area contributed by atoms with Crippen LogP contribution in [0.3, 0.4) is 0 Å². The third-order valence-corrected chi connectivity index (χ3v) is 2.94. The van der Waals surface area contributed by atoms with Crippen molar-refractivity contribution < 1.29 is 4.74 Å². The van der Waals surface area contributed by atoms with Crippen LogP contribution in [-0.2, 0) is 0 Å². The van der Waals surface area contributed by atoms with Crippen molar-refractivity contribution in [2.24, 2.45) is 0 Å². The van der Waals surface area contributed by atoms with Crippen molar-refractivity contribution in [2.45, 2.75) is 20.8 Å². The monoisotopic (exact) mass is 226 g/mol. The predicted octanol–water partition coefficient (Wildman–Crippen LogP) is 4.37. The van der Waals surface area contributed by atoms with Gasteiger partial charge in [-0.2, -0.15) is 0 Å². The Bertz CT molecular complexity index is 494. The summed E-state index contributed by atoms with van der Waals surface area (Å²) in [6.07, 6.45) is 0. The molecular weight excluding hydrogens is 208 g/mol. The Morgan fingerprint density at radius 1 is 0.882 bits per heavy atom. The Hall–Kier alpha value is -1.76. The number of rotatable bonds is 3. The third kappa shape index (κ3) is 2.33. The Morgan fingerprint density at radius 2 is 1.53 bits per heavy atom. The van der Waals surface area contributed by atoms with E-state index in [-0.39, 0.29) is 0 Å². The normalized spacial score (nSPS) is 10.3. The fourth-order valence-electron chi connectivity index (χ4n) is 2.19. The van der Waals surface area contributed by atoms with Gasteiger partial charge in [-0.05, 0) is 43.5 Å². The molecule has 0 amide bonds. The van der Waals surface area contributed by atoms with Gasteiger partial charge in [-0.25, -0.2) is 0 Å². The van der Waals surface area contributed by atoms with Gasteiger partial charge in [0.25, 0.3) is 0 Å². The summed E-state index contributed by atoms with van der Waals surface area (Å²) < 4.78 is 5.70. The fraction of sp³-hybridized carbons (Fsp3) is 0.250. The molecule has 0 heterocycles. The molecule has 0 atom stereocenters. The molecule has 0 bridgehead atoms. The van der Waals surface area contributed by atoms with E-state index in [1.54, 1.807) is 0 Å². The first kappa shape index (κ1) is 11.7. The Morgan fingerprint density at radius 3 is 2.18 bits per heavy atom. The zero-order chi connectivity index (χ0) is 12.3. The number of hydrogen-bond donors (Lipinski definition) is 0. The summed E-state index contributed by atoms with van der Waals surface area (Å²) in [4.78, 5) is 0. The van der Waals surface area contributed by atoms with Crippen LogP contribution in [0.2, 0.25) is 0 Å². The standard InChI is InChI=1S/C16H18O/c1-4-17-15-11-6-5-10-14(15)16-12(2)8-7-9-13(16)3/h5-11H,4H2,1-3H3. The lowest BCUT2D eigenvalue weighted by Crippen LogP contribution is -1.96. The fourth-order valence-corrected chi connectivity index (χ4v) is 2.19. The minimum absolute atomic E-state index is 0.696. The van der Waals surface area contributed by atoms with Gasteiger partial charge in [0.05, 0.1) is 6.61 Å². The van der Waals surface area contributed by atoms with Crippen molar-refractivity contribution in [3.8, 4) is 16.9 Å². The molecule has 2 aromatic carbocycles. The first-order valence-electron chi connectivity index (χ1n) is 6.02. The van der Waals surface area contributed by atoms with Crippen LogP contribution in [0.5, 0.6) is 5.75 Å². The summed E-state index contributed by atoms with van der Waals surface area (Å²) in [6.45, 7) is 7.00. The van der Waals surface area contributed by atoms with Gasteiger partial charge >= 0.3 is 0 Å². The van der Waals surface area contributed by atoms with Crippen molar-refractivity contribution in [3.63, 3.8) is 0 Å². The highest BCUT2D eigenvalue weighted by molar-refractivity contribution is 5.75. The molecule has 0 fully saturated rings. The molecule has 1 nitrogen and oxygen atoms in total. The van der Waals surface area contributed by atoms with E-state index < -0.39 is 0 Å². The number of benzene rings is 2. The van der Waals surface area contributed by atoms with Gasteiger partial charge < -0.3 is 4.74 Å². The molecule has 17 heavy (non-hydrogen) atoms. The van der Waals surface area contributed by atoms with Crippen molar-refractivity contribution in [1.29, 1.82) is 0 Å². The highest BCUT2D eigenvalue weighted by Crippen LogP contribution is 2.34. The molecule has 0 unspecified atom stereocenters. The molecule has 2 aromatic rings. The predicted molar refractivity (Wildman–Crippen MR) is 72.5 cm³/mol. The highest BCUT2D eigenvalue weighted by atomic mass is 16.5. The molecule has 2 rings (SSSR count). The van der Waals surface area contributed by atoms with Gasteiger partial charge in [0, 0.05) is 5.56 Å². The Balaban J connectivity index is 2.60. The summed E-state index contributed by atoms with van der Waals surface area (Å²) in [5, 5.41) is 0. The summed E-state index contributed by atoms with van der Waals surface area (Å²) in [5.74, 6) is 0.965. The molecule has 88 valence electrons. The maximum atomic E-state index is 5.70. The van der Waals surface area contributed by atoms with E-state index in [0.29, 0.717) is 6.61 Å². The van der Waals surface area contributed by atoms with Crippen LogP contribution in [0, 0.1) is 13.8 Å². The SMILES string of the molecule is CCOc1ccccc1-c1c(C)cccc1C. The molecular formula is C16H18O. The van der Waals surface area contributed by atoms with Crippen molar-refractivity contribution >= 4 is 0 Å². The lowest BCUT2D eigenvalue weighted by Gasteiger charge is -2.14. The molecule has 0 aliphatic heterocycles. The lowest BCUT2D eigenvalue weighted by atomic mass is 9.95. The quantitative estimate of drug-likeness (QED) is 0.755. The molecule has 0 saturated carbocycles. The number of ether oxygens (including phenoxy) is 1. The molecule has 0 aliphatic rings. The first-order chi connectivity index (χ1) is 8.24. The smallest absolute Gasteiger partial charge is 0.127 e. The van der Waals surface area contributed by atoms with Crippen LogP contribution in [0.1, 0.15) is 18.1 Å². The molecule has 0 aromatic heterocycles. The molecule has 0 saturated heterocycles. The molecule has 0 spiro atoms. The van der Waals surface area contributed by atoms with Crippen LogP contribution in [0.15, 0.2) is 42.5 Å². The maximum Gasteiger partial charge on any atom is 0.127 e. The van der Waals surface area contributed by atoms with E-state index in [9.17, 15) is 0 Å². The van der Waals surface area contributed by atoms with E-state index in [0.717, 1.165) is 5.75 Å². The summed E-state index contributed by atoms with van der Waals surface area (Å²) in [6, 6.07) is 14.6. The second kappa shape index (κ2) is 5.05. The molecule has 1 heteroatoms. The first-order valence-corrected chi connectivity index (χ1v) is 6.02. The molecule has 0 N–H and O–H groups in total. The van der Waals surface area contributed by atoms with E-state index in [2.05, 4.69) is 44.2 Å². The van der Waals surface area contributed by atoms with Gasteiger partial charge in [-0.15, -0.1) is 0 Å². The number of hydrogen-bond acceptors (Lipinski definition) is 1. The van der Waals surface area contributed by atoms with Crippen LogP contribution >= 0.6 is 0 Å². The van der Waals surface area contributed by atoms with E-state index >= 15 is 0 Å². The summed E-state index contributed by atoms with van der Waals surface area (Å²) in [5.41, 5.74) is 5.05. The van der Waals surface area contributed by atoms with Gasteiger partial charge in [-0.3, -0.25) is 0 Å². The third-order valence-electron chi connectivity index (χ3n) is 2.94. The average Bonchev–Trinajstić information content (AvgIpc) is 2.31. The van der Waals surface area contributed by atoms with Gasteiger partial charge in [0.1, 0.15) is 5.75 Å². The minimum atomic E-state index is 0.696. The van der Waals surface area contributed by atoms with Crippen molar-refractivity contribution in [2.75, 3.05) is 6.61 Å². The number of para-hydroxylation sites is 1. The van der Waals surface area contributed by atoms with E-state index in [1.165, 1.54) is 22.3 Å². The Labute approximate surface area is 103 Å². The van der Waals surface area contributed by atoms with Crippen molar-refractivity contribution in [1.82, 2.24) is 0 Å². The lowest BCUT2D eigenvalue weighted by molar-refractivity contribution is 0.341.